The van der Waals surface area contributed by atoms with E-state index in [9.17, 15) is 20.0 Å². The van der Waals surface area contributed by atoms with Crippen LogP contribution in [0.1, 0.15) is 15.9 Å². The van der Waals surface area contributed by atoms with Crippen LogP contribution in [-0.2, 0) is 0 Å². The van der Waals surface area contributed by atoms with Crippen LogP contribution >= 0.6 is 0 Å². The molecule has 0 atom stereocenters. The topological polar surface area (TPSA) is 105 Å². The van der Waals surface area contributed by atoms with Gasteiger partial charge in [0.2, 0.25) is 0 Å². The summed E-state index contributed by atoms with van der Waals surface area (Å²) in [5.41, 5.74) is 0.591. The number of nitro groups is 1. The van der Waals surface area contributed by atoms with Gasteiger partial charge in [-0.3, -0.25) is 14.9 Å². The first kappa shape index (κ1) is 13.5. The Morgan fingerprint density at radius 1 is 1.35 bits per heavy atom. The Labute approximate surface area is 114 Å². The average Bonchev–Trinajstić information content (AvgIpc) is 2.38. The summed E-state index contributed by atoms with van der Waals surface area (Å²) in [6.45, 7) is 1.86. The van der Waals surface area contributed by atoms with Gasteiger partial charge in [-0.2, -0.15) is 0 Å². The van der Waals surface area contributed by atoms with Gasteiger partial charge in [-0.05, 0) is 36.8 Å². The van der Waals surface area contributed by atoms with Crippen molar-refractivity contribution in [1.82, 2.24) is 4.98 Å². The maximum atomic E-state index is 11.9. The van der Waals surface area contributed by atoms with Crippen LogP contribution in [0.2, 0.25) is 0 Å². The van der Waals surface area contributed by atoms with E-state index in [0.717, 1.165) is 17.7 Å². The second-order valence-corrected chi connectivity index (χ2v) is 4.13. The van der Waals surface area contributed by atoms with Crippen molar-refractivity contribution in [3.8, 4) is 5.75 Å². The van der Waals surface area contributed by atoms with E-state index >= 15 is 0 Å². The number of aromatic hydroxyl groups is 1. The summed E-state index contributed by atoms with van der Waals surface area (Å²) in [4.78, 5) is 25.7. The normalized spacial score (nSPS) is 10.1. The predicted octanol–water partition coefficient (Wildman–Crippen LogP) is 2.26. The number of aryl methyl sites for hydroxylation is 1. The third-order valence-corrected chi connectivity index (χ3v) is 2.59. The molecule has 2 aromatic rings. The van der Waals surface area contributed by atoms with E-state index < -0.39 is 22.3 Å². The van der Waals surface area contributed by atoms with E-state index in [2.05, 4.69) is 10.3 Å². The summed E-state index contributed by atoms with van der Waals surface area (Å²) in [6, 6.07) is 6.86. The molecule has 0 saturated heterocycles. The monoisotopic (exact) mass is 273 g/mol. The highest BCUT2D eigenvalue weighted by molar-refractivity contribution is 6.04. The second kappa shape index (κ2) is 5.35. The number of nitrogens with zero attached hydrogens (tertiary/aromatic N) is 2. The van der Waals surface area contributed by atoms with Gasteiger partial charge in [0.15, 0.2) is 5.75 Å². The highest BCUT2D eigenvalue weighted by atomic mass is 16.6. The Bertz CT molecular complexity index is 685. The van der Waals surface area contributed by atoms with Gasteiger partial charge in [-0.25, -0.2) is 4.98 Å². The molecule has 20 heavy (non-hydrogen) atoms. The van der Waals surface area contributed by atoms with E-state index in [1.165, 1.54) is 6.07 Å². The largest absolute Gasteiger partial charge is 0.502 e. The van der Waals surface area contributed by atoms with E-state index in [-0.39, 0.29) is 5.56 Å². The number of hydrogen-bond donors (Lipinski definition) is 2. The summed E-state index contributed by atoms with van der Waals surface area (Å²) in [5, 5.41) is 22.6. The fourth-order valence-electron chi connectivity index (χ4n) is 1.61. The molecule has 1 aromatic heterocycles. The zero-order valence-electron chi connectivity index (χ0n) is 10.5. The minimum atomic E-state index is -0.723. The molecular formula is C13H11N3O4. The van der Waals surface area contributed by atoms with Gasteiger partial charge in [-0.1, -0.05) is 0 Å². The minimum Gasteiger partial charge on any atom is -0.502 e. The molecule has 7 nitrogen and oxygen atoms in total. The standard InChI is InChI=1S/C13H11N3O4/c1-8-4-5-14-12(6-8)15-13(18)9-2-3-10(16(19)20)11(17)7-9/h2-7,17H,1H3,(H,14,15,18). The third-order valence-electron chi connectivity index (χ3n) is 2.59. The number of phenols is 1. The van der Waals surface area contributed by atoms with Gasteiger partial charge in [-0.15, -0.1) is 0 Å². The predicted molar refractivity (Wildman–Crippen MR) is 71.7 cm³/mol. The van der Waals surface area contributed by atoms with Crippen LogP contribution in [0.15, 0.2) is 36.5 Å². The van der Waals surface area contributed by atoms with Crippen LogP contribution in [0.3, 0.4) is 0 Å². The zero-order valence-corrected chi connectivity index (χ0v) is 10.5. The molecule has 0 fully saturated rings. The molecule has 0 spiro atoms. The van der Waals surface area contributed by atoms with Gasteiger partial charge < -0.3 is 10.4 Å². The molecule has 0 unspecified atom stereocenters. The number of hydrogen-bond acceptors (Lipinski definition) is 5. The lowest BCUT2D eigenvalue weighted by Gasteiger charge is -2.05. The van der Waals surface area contributed by atoms with Crippen molar-refractivity contribution in [2.75, 3.05) is 5.32 Å². The van der Waals surface area contributed by atoms with E-state index in [0.29, 0.717) is 5.82 Å². The number of anilines is 1. The van der Waals surface area contributed by atoms with Crippen molar-refractivity contribution in [2.45, 2.75) is 6.92 Å². The van der Waals surface area contributed by atoms with Crippen LogP contribution in [-0.4, -0.2) is 20.9 Å². The number of carbonyl (C=O) groups excluding carboxylic acids is 1. The molecule has 0 radical (unpaired) electrons. The molecule has 0 aliphatic carbocycles. The smallest absolute Gasteiger partial charge is 0.310 e. The lowest BCUT2D eigenvalue weighted by molar-refractivity contribution is -0.385. The molecule has 0 saturated carbocycles. The zero-order chi connectivity index (χ0) is 14.7. The highest BCUT2D eigenvalue weighted by Gasteiger charge is 2.16. The van der Waals surface area contributed by atoms with Crippen LogP contribution in [0.25, 0.3) is 0 Å². The number of phenolic OH excluding ortho intramolecular Hbond substituents is 1. The summed E-state index contributed by atoms with van der Waals surface area (Å²) in [5.74, 6) is -0.694. The van der Waals surface area contributed by atoms with Crippen LogP contribution < -0.4 is 5.32 Å². The Kier molecular flexibility index (Phi) is 3.60. The van der Waals surface area contributed by atoms with Crippen LogP contribution in [0, 0.1) is 17.0 Å². The summed E-state index contributed by atoms with van der Waals surface area (Å²) in [7, 11) is 0. The van der Waals surface area contributed by atoms with Crippen molar-refractivity contribution in [1.29, 1.82) is 0 Å². The highest BCUT2D eigenvalue weighted by Crippen LogP contribution is 2.26. The molecule has 0 bridgehead atoms. The molecule has 1 heterocycles. The van der Waals surface area contributed by atoms with Crippen LogP contribution in [0.4, 0.5) is 11.5 Å². The molecule has 2 rings (SSSR count). The third kappa shape index (κ3) is 2.89. The van der Waals surface area contributed by atoms with Gasteiger partial charge in [0.25, 0.3) is 5.91 Å². The Morgan fingerprint density at radius 2 is 2.10 bits per heavy atom. The number of pyridine rings is 1. The van der Waals surface area contributed by atoms with E-state index in [4.69, 9.17) is 0 Å². The average molecular weight is 273 g/mol. The molecule has 7 heteroatoms. The molecule has 0 aliphatic rings. The van der Waals surface area contributed by atoms with E-state index in [1.807, 2.05) is 6.92 Å². The number of benzene rings is 1. The van der Waals surface area contributed by atoms with Gasteiger partial charge in [0.05, 0.1) is 4.92 Å². The Morgan fingerprint density at radius 3 is 2.70 bits per heavy atom. The number of carbonyl (C=O) groups is 1. The molecule has 1 aromatic carbocycles. The van der Waals surface area contributed by atoms with Crippen molar-refractivity contribution in [3.63, 3.8) is 0 Å². The summed E-state index contributed by atoms with van der Waals surface area (Å²) in [6.07, 6.45) is 1.55. The van der Waals surface area contributed by atoms with Crippen molar-refractivity contribution in [3.05, 3.63) is 57.8 Å². The first-order valence-corrected chi connectivity index (χ1v) is 5.69. The molecular weight excluding hydrogens is 262 g/mol. The number of aromatic nitrogens is 1. The number of rotatable bonds is 3. The summed E-state index contributed by atoms with van der Waals surface area (Å²) >= 11 is 0. The number of nitro benzene ring substituents is 1. The fourth-order valence-corrected chi connectivity index (χ4v) is 1.61. The lowest BCUT2D eigenvalue weighted by Crippen LogP contribution is -2.13. The maximum Gasteiger partial charge on any atom is 0.310 e. The van der Waals surface area contributed by atoms with Gasteiger partial charge in [0.1, 0.15) is 5.82 Å². The first-order valence-electron chi connectivity index (χ1n) is 5.69. The molecule has 2 N–H and O–H groups in total. The maximum absolute atomic E-state index is 11.9. The SMILES string of the molecule is Cc1ccnc(NC(=O)c2ccc([N+](=O)[O-])c(O)c2)c1. The van der Waals surface area contributed by atoms with Crippen LogP contribution in [0.5, 0.6) is 5.75 Å². The first-order chi connectivity index (χ1) is 9.47. The quantitative estimate of drug-likeness (QED) is 0.659. The molecule has 1 amide bonds. The second-order valence-electron chi connectivity index (χ2n) is 4.13. The van der Waals surface area contributed by atoms with E-state index in [1.54, 1.807) is 18.3 Å². The molecule has 0 aliphatic heterocycles. The van der Waals surface area contributed by atoms with Crippen molar-refractivity contribution in [2.24, 2.45) is 0 Å². The number of nitrogens with one attached hydrogen (secondary N) is 1. The Hall–Kier alpha value is -2.96. The minimum absolute atomic E-state index is 0.108. The summed E-state index contributed by atoms with van der Waals surface area (Å²) < 4.78 is 0. The lowest BCUT2D eigenvalue weighted by atomic mass is 10.1. The van der Waals surface area contributed by atoms with Crippen molar-refractivity contribution < 1.29 is 14.8 Å². The molecule has 102 valence electrons. The van der Waals surface area contributed by atoms with Gasteiger partial charge >= 0.3 is 5.69 Å². The van der Waals surface area contributed by atoms with Crippen molar-refractivity contribution >= 4 is 17.4 Å². The Balaban J connectivity index is 2.22. The number of amides is 1. The van der Waals surface area contributed by atoms with Gasteiger partial charge in [0, 0.05) is 17.8 Å². The fraction of sp³-hybridized carbons (Fsp3) is 0.0769.